The Morgan fingerprint density at radius 1 is 1.25 bits per heavy atom. The summed E-state index contributed by atoms with van der Waals surface area (Å²) in [5, 5.41) is 0. The molecule has 24 heavy (non-hydrogen) atoms. The van der Waals surface area contributed by atoms with E-state index in [1.54, 1.807) is 16.1 Å². The SMILES string of the molecule is CCCCN(Cc1ccco1)C(=O)CN1Cc2ccccc2C1=O. The monoisotopic (exact) mass is 326 g/mol. The zero-order chi connectivity index (χ0) is 16.9. The van der Waals surface area contributed by atoms with E-state index >= 15 is 0 Å². The van der Waals surface area contributed by atoms with Crippen LogP contribution in [-0.2, 0) is 17.9 Å². The Morgan fingerprint density at radius 3 is 2.79 bits per heavy atom. The van der Waals surface area contributed by atoms with Crippen LogP contribution in [0.1, 0.15) is 41.4 Å². The lowest BCUT2D eigenvalue weighted by molar-refractivity contribution is -0.132. The molecule has 0 atom stereocenters. The van der Waals surface area contributed by atoms with Crippen molar-refractivity contribution in [1.82, 2.24) is 9.80 Å². The number of benzene rings is 1. The molecule has 2 aromatic rings. The average molecular weight is 326 g/mol. The lowest BCUT2D eigenvalue weighted by Crippen LogP contribution is -2.40. The van der Waals surface area contributed by atoms with Crippen LogP contribution in [0, 0.1) is 0 Å². The van der Waals surface area contributed by atoms with Crippen molar-refractivity contribution in [3.05, 3.63) is 59.5 Å². The van der Waals surface area contributed by atoms with E-state index in [9.17, 15) is 9.59 Å². The number of fused-ring (bicyclic) bond motifs is 1. The van der Waals surface area contributed by atoms with Crippen LogP contribution in [0.15, 0.2) is 47.1 Å². The largest absolute Gasteiger partial charge is 0.467 e. The number of amides is 2. The Balaban J connectivity index is 1.66. The van der Waals surface area contributed by atoms with Crippen LogP contribution in [0.2, 0.25) is 0 Å². The number of rotatable bonds is 7. The van der Waals surface area contributed by atoms with Gasteiger partial charge in [-0.05, 0) is 30.2 Å². The molecule has 0 bridgehead atoms. The fourth-order valence-corrected chi connectivity index (χ4v) is 2.94. The van der Waals surface area contributed by atoms with Crippen molar-refractivity contribution in [3.63, 3.8) is 0 Å². The molecule has 0 spiro atoms. The number of hydrogen-bond donors (Lipinski definition) is 0. The highest BCUT2D eigenvalue weighted by Gasteiger charge is 2.29. The zero-order valence-corrected chi connectivity index (χ0v) is 13.9. The highest BCUT2D eigenvalue weighted by molar-refractivity contribution is 6.00. The van der Waals surface area contributed by atoms with E-state index in [0.29, 0.717) is 25.2 Å². The number of carbonyl (C=O) groups excluding carboxylic acids is 2. The van der Waals surface area contributed by atoms with Crippen molar-refractivity contribution in [2.45, 2.75) is 32.9 Å². The third kappa shape index (κ3) is 3.50. The standard InChI is InChI=1S/C19H22N2O3/c1-2-3-10-20(13-16-8-6-11-24-16)18(22)14-21-12-15-7-4-5-9-17(15)19(21)23/h4-9,11H,2-3,10,12-14H2,1H3. The molecule has 0 unspecified atom stereocenters. The molecule has 0 saturated carbocycles. The molecule has 0 saturated heterocycles. The maximum atomic E-state index is 12.7. The Labute approximate surface area is 141 Å². The molecule has 5 heteroatoms. The number of nitrogens with zero attached hydrogens (tertiary/aromatic N) is 2. The first-order valence-electron chi connectivity index (χ1n) is 8.36. The molecular formula is C19H22N2O3. The van der Waals surface area contributed by atoms with Gasteiger partial charge in [-0.3, -0.25) is 9.59 Å². The van der Waals surface area contributed by atoms with E-state index in [2.05, 4.69) is 6.92 Å². The fourth-order valence-electron chi connectivity index (χ4n) is 2.94. The van der Waals surface area contributed by atoms with Gasteiger partial charge in [-0.2, -0.15) is 0 Å². The summed E-state index contributed by atoms with van der Waals surface area (Å²) in [6, 6.07) is 11.2. The second-order valence-electron chi connectivity index (χ2n) is 6.07. The number of hydrogen-bond acceptors (Lipinski definition) is 3. The summed E-state index contributed by atoms with van der Waals surface area (Å²) in [5.41, 5.74) is 1.69. The van der Waals surface area contributed by atoms with Crippen LogP contribution in [0.25, 0.3) is 0 Å². The molecule has 2 amide bonds. The van der Waals surface area contributed by atoms with Crippen LogP contribution < -0.4 is 0 Å². The van der Waals surface area contributed by atoms with Gasteiger partial charge in [0.05, 0.1) is 12.8 Å². The van der Waals surface area contributed by atoms with Crippen LogP contribution in [0.3, 0.4) is 0 Å². The maximum Gasteiger partial charge on any atom is 0.254 e. The van der Waals surface area contributed by atoms with Gasteiger partial charge >= 0.3 is 0 Å². The molecule has 0 aliphatic carbocycles. The molecule has 1 aliphatic rings. The predicted octanol–water partition coefficient (Wildman–Crippen LogP) is 3.06. The second kappa shape index (κ2) is 7.34. The second-order valence-corrected chi connectivity index (χ2v) is 6.07. The molecule has 0 radical (unpaired) electrons. The highest BCUT2D eigenvalue weighted by Crippen LogP contribution is 2.22. The first kappa shape index (κ1) is 16.3. The first-order valence-corrected chi connectivity index (χ1v) is 8.36. The third-order valence-electron chi connectivity index (χ3n) is 4.28. The van der Waals surface area contributed by atoms with E-state index in [1.165, 1.54) is 0 Å². The van der Waals surface area contributed by atoms with Crippen molar-refractivity contribution >= 4 is 11.8 Å². The molecule has 0 fully saturated rings. The highest BCUT2D eigenvalue weighted by atomic mass is 16.3. The fraction of sp³-hybridized carbons (Fsp3) is 0.368. The minimum absolute atomic E-state index is 0.0407. The average Bonchev–Trinajstić information content (AvgIpc) is 3.20. The minimum Gasteiger partial charge on any atom is -0.467 e. The molecule has 1 aliphatic heterocycles. The topological polar surface area (TPSA) is 53.8 Å². The third-order valence-corrected chi connectivity index (χ3v) is 4.28. The lowest BCUT2D eigenvalue weighted by atomic mass is 10.1. The van der Waals surface area contributed by atoms with Crippen molar-refractivity contribution in [1.29, 1.82) is 0 Å². The van der Waals surface area contributed by atoms with Crippen molar-refractivity contribution in [3.8, 4) is 0 Å². The normalized spacial score (nSPS) is 13.2. The Bertz CT molecular complexity index is 709. The Hall–Kier alpha value is -2.56. The van der Waals surface area contributed by atoms with Gasteiger partial charge in [0, 0.05) is 18.7 Å². The van der Waals surface area contributed by atoms with Gasteiger partial charge in [0.15, 0.2) is 0 Å². The molecular weight excluding hydrogens is 304 g/mol. The molecule has 1 aromatic carbocycles. The van der Waals surface area contributed by atoms with E-state index in [-0.39, 0.29) is 18.4 Å². The Kier molecular flexibility index (Phi) is 4.99. The van der Waals surface area contributed by atoms with E-state index in [1.807, 2.05) is 36.4 Å². The Morgan fingerprint density at radius 2 is 2.08 bits per heavy atom. The van der Waals surface area contributed by atoms with E-state index < -0.39 is 0 Å². The number of carbonyl (C=O) groups is 2. The van der Waals surface area contributed by atoms with Crippen LogP contribution in [-0.4, -0.2) is 34.7 Å². The summed E-state index contributed by atoms with van der Waals surface area (Å²) in [7, 11) is 0. The van der Waals surface area contributed by atoms with Crippen LogP contribution >= 0.6 is 0 Å². The van der Waals surface area contributed by atoms with Crippen molar-refractivity contribution in [2.24, 2.45) is 0 Å². The molecule has 0 N–H and O–H groups in total. The number of unbranched alkanes of at least 4 members (excludes halogenated alkanes) is 1. The van der Waals surface area contributed by atoms with E-state index in [0.717, 1.165) is 24.2 Å². The van der Waals surface area contributed by atoms with Gasteiger partial charge in [-0.25, -0.2) is 0 Å². The predicted molar refractivity (Wildman–Crippen MR) is 90.2 cm³/mol. The van der Waals surface area contributed by atoms with Crippen molar-refractivity contribution < 1.29 is 14.0 Å². The van der Waals surface area contributed by atoms with Gasteiger partial charge in [0.2, 0.25) is 5.91 Å². The van der Waals surface area contributed by atoms with Crippen LogP contribution in [0.4, 0.5) is 0 Å². The smallest absolute Gasteiger partial charge is 0.254 e. The summed E-state index contributed by atoms with van der Waals surface area (Å²) in [6.45, 7) is 3.82. The molecule has 5 nitrogen and oxygen atoms in total. The summed E-state index contributed by atoms with van der Waals surface area (Å²) in [4.78, 5) is 28.5. The van der Waals surface area contributed by atoms with Gasteiger partial charge in [0.1, 0.15) is 12.3 Å². The lowest BCUT2D eigenvalue weighted by Gasteiger charge is -2.24. The van der Waals surface area contributed by atoms with Gasteiger partial charge in [-0.1, -0.05) is 31.5 Å². The minimum atomic E-state index is -0.0626. The molecule has 126 valence electrons. The first-order chi connectivity index (χ1) is 11.7. The quantitative estimate of drug-likeness (QED) is 0.786. The van der Waals surface area contributed by atoms with Gasteiger partial charge in [-0.15, -0.1) is 0 Å². The maximum absolute atomic E-state index is 12.7. The summed E-state index contributed by atoms with van der Waals surface area (Å²) in [5.74, 6) is 0.656. The molecule has 1 aromatic heterocycles. The zero-order valence-electron chi connectivity index (χ0n) is 13.9. The van der Waals surface area contributed by atoms with Crippen LogP contribution in [0.5, 0.6) is 0 Å². The van der Waals surface area contributed by atoms with E-state index in [4.69, 9.17) is 4.42 Å². The van der Waals surface area contributed by atoms with Gasteiger partial charge < -0.3 is 14.2 Å². The summed E-state index contributed by atoms with van der Waals surface area (Å²) >= 11 is 0. The van der Waals surface area contributed by atoms with Crippen molar-refractivity contribution in [2.75, 3.05) is 13.1 Å². The molecule has 3 rings (SSSR count). The summed E-state index contributed by atoms with van der Waals surface area (Å²) < 4.78 is 5.36. The molecule has 2 heterocycles. The van der Waals surface area contributed by atoms with Gasteiger partial charge in [0.25, 0.3) is 5.91 Å². The number of furan rings is 1. The summed E-state index contributed by atoms with van der Waals surface area (Å²) in [6.07, 6.45) is 3.55.